The van der Waals surface area contributed by atoms with E-state index in [9.17, 15) is 0 Å². The van der Waals surface area contributed by atoms with Crippen LogP contribution in [0, 0.1) is 0 Å². The highest BCUT2D eigenvalue weighted by atomic mass is 35.5. The molecule has 0 aliphatic rings. The molecule has 4 nitrogen and oxygen atoms in total. The Labute approximate surface area is 124 Å². The maximum Gasteiger partial charge on any atom is 0.282 e. The van der Waals surface area contributed by atoms with Crippen LogP contribution < -0.4 is 17.3 Å². The van der Waals surface area contributed by atoms with Gasteiger partial charge in [-0.2, -0.15) is 4.98 Å². The van der Waals surface area contributed by atoms with Crippen molar-refractivity contribution in [3.63, 3.8) is 0 Å². The minimum atomic E-state index is 0. The zero-order valence-electron chi connectivity index (χ0n) is 11.0. The van der Waals surface area contributed by atoms with Crippen molar-refractivity contribution in [1.82, 2.24) is 10.1 Å². The molecule has 0 saturated carbocycles. The molecule has 0 bridgehead atoms. The molecule has 1 aromatic carbocycles. The van der Waals surface area contributed by atoms with E-state index in [1.165, 1.54) is 4.90 Å². The Bertz CT molecular complexity index is 495. The SMILES string of the molecule is CC[NH+](CC)Cc1nc(-c2ccc(Cl)cc2)no1.[Cl-]. The molecule has 0 aliphatic carbocycles. The van der Waals surface area contributed by atoms with Gasteiger partial charge in [0.2, 0.25) is 5.82 Å². The lowest BCUT2D eigenvalue weighted by Gasteiger charge is -2.11. The third kappa shape index (κ3) is 4.20. The van der Waals surface area contributed by atoms with Crippen LogP contribution in [-0.4, -0.2) is 23.2 Å². The van der Waals surface area contributed by atoms with E-state index in [-0.39, 0.29) is 12.4 Å². The largest absolute Gasteiger partial charge is 1.00 e. The van der Waals surface area contributed by atoms with E-state index in [4.69, 9.17) is 16.1 Å². The summed E-state index contributed by atoms with van der Waals surface area (Å²) in [7, 11) is 0. The quantitative estimate of drug-likeness (QED) is 0.756. The van der Waals surface area contributed by atoms with Gasteiger partial charge in [-0.05, 0) is 38.1 Å². The molecular weight excluding hydrogens is 285 g/mol. The zero-order chi connectivity index (χ0) is 13.0. The second kappa shape index (κ2) is 7.48. The molecular formula is C13H17Cl2N3O. The fourth-order valence-corrected chi connectivity index (χ4v) is 1.88. The second-order valence-electron chi connectivity index (χ2n) is 4.15. The Balaban J connectivity index is 0.00000180. The van der Waals surface area contributed by atoms with Crippen molar-refractivity contribution < 1.29 is 21.8 Å². The van der Waals surface area contributed by atoms with Gasteiger partial charge in [0, 0.05) is 10.6 Å². The summed E-state index contributed by atoms with van der Waals surface area (Å²) in [5, 5.41) is 4.70. The normalized spacial score (nSPS) is 10.5. The summed E-state index contributed by atoms with van der Waals surface area (Å²) in [4.78, 5) is 5.82. The predicted molar refractivity (Wildman–Crippen MR) is 70.5 cm³/mol. The summed E-state index contributed by atoms with van der Waals surface area (Å²) in [6.07, 6.45) is 0. The number of nitrogens with zero attached hydrogens (tertiary/aromatic N) is 2. The molecule has 0 saturated heterocycles. The second-order valence-corrected chi connectivity index (χ2v) is 4.59. The number of rotatable bonds is 5. The minimum Gasteiger partial charge on any atom is -1.00 e. The number of nitrogens with one attached hydrogen (secondary N) is 1. The Hall–Kier alpha value is -1.10. The van der Waals surface area contributed by atoms with Crippen LogP contribution in [0.2, 0.25) is 5.02 Å². The molecule has 0 atom stereocenters. The van der Waals surface area contributed by atoms with Gasteiger partial charge in [-0.15, -0.1) is 0 Å². The molecule has 0 spiro atoms. The lowest BCUT2D eigenvalue weighted by atomic mass is 10.2. The number of quaternary nitrogens is 1. The summed E-state index contributed by atoms with van der Waals surface area (Å²) >= 11 is 5.84. The molecule has 1 N–H and O–H groups in total. The third-order valence-corrected chi connectivity index (χ3v) is 3.22. The summed E-state index contributed by atoms with van der Waals surface area (Å²) < 4.78 is 5.27. The number of aromatic nitrogens is 2. The first kappa shape index (κ1) is 16.0. The van der Waals surface area contributed by atoms with Gasteiger partial charge in [-0.1, -0.05) is 16.8 Å². The van der Waals surface area contributed by atoms with Crippen LogP contribution in [0.4, 0.5) is 0 Å². The topological polar surface area (TPSA) is 43.4 Å². The van der Waals surface area contributed by atoms with Gasteiger partial charge in [-0.25, -0.2) is 0 Å². The Morgan fingerprint density at radius 2 is 1.79 bits per heavy atom. The average Bonchev–Trinajstić information content (AvgIpc) is 2.85. The summed E-state index contributed by atoms with van der Waals surface area (Å²) in [6, 6.07) is 7.42. The van der Waals surface area contributed by atoms with Gasteiger partial charge in [0.1, 0.15) is 0 Å². The molecule has 1 heterocycles. The highest BCUT2D eigenvalue weighted by molar-refractivity contribution is 6.30. The van der Waals surface area contributed by atoms with Crippen molar-refractivity contribution in [2.24, 2.45) is 0 Å². The molecule has 0 aliphatic heterocycles. The fraction of sp³-hybridized carbons (Fsp3) is 0.385. The van der Waals surface area contributed by atoms with E-state index in [1.807, 2.05) is 24.3 Å². The third-order valence-electron chi connectivity index (χ3n) is 2.97. The molecule has 0 unspecified atom stereocenters. The van der Waals surface area contributed by atoms with Crippen molar-refractivity contribution in [2.45, 2.75) is 20.4 Å². The van der Waals surface area contributed by atoms with Gasteiger partial charge < -0.3 is 21.8 Å². The van der Waals surface area contributed by atoms with Gasteiger partial charge in [0.15, 0.2) is 6.54 Å². The first-order valence-electron chi connectivity index (χ1n) is 6.15. The van der Waals surface area contributed by atoms with Crippen LogP contribution in [0.3, 0.4) is 0 Å². The van der Waals surface area contributed by atoms with E-state index < -0.39 is 0 Å². The van der Waals surface area contributed by atoms with Gasteiger partial charge in [0.05, 0.1) is 13.1 Å². The van der Waals surface area contributed by atoms with Crippen LogP contribution in [-0.2, 0) is 6.54 Å². The monoisotopic (exact) mass is 301 g/mol. The van der Waals surface area contributed by atoms with Crippen molar-refractivity contribution in [1.29, 1.82) is 0 Å². The van der Waals surface area contributed by atoms with Crippen LogP contribution in [0.1, 0.15) is 19.7 Å². The zero-order valence-corrected chi connectivity index (χ0v) is 12.5. The molecule has 1 aromatic heterocycles. The van der Waals surface area contributed by atoms with Gasteiger partial charge in [0.25, 0.3) is 5.89 Å². The maximum atomic E-state index is 5.84. The van der Waals surface area contributed by atoms with Gasteiger partial charge >= 0.3 is 0 Å². The van der Waals surface area contributed by atoms with E-state index in [1.54, 1.807) is 0 Å². The van der Waals surface area contributed by atoms with E-state index in [0.29, 0.717) is 16.7 Å². The molecule has 104 valence electrons. The maximum absolute atomic E-state index is 5.84. The minimum absolute atomic E-state index is 0. The lowest BCUT2D eigenvalue weighted by Crippen LogP contribution is -3.10. The number of hydrogen-bond donors (Lipinski definition) is 1. The van der Waals surface area contributed by atoms with Crippen LogP contribution in [0.15, 0.2) is 28.8 Å². The lowest BCUT2D eigenvalue weighted by molar-refractivity contribution is -0.911. The predicted octanol–water partition coefficient (Wildman–Crippen LogP) is -1.18. The van der Waals surface area contributed by atoms with Crippen LogP contribution in [0.5, 0.6) is 0 Å². The standard InChI is InChI=1S/C13H16ClN3O.ClH/c1-3-17(4-2)9-12-15-13(16-18-12)10-5-7-11(14)8-6-10;/h5-8H,3-4,9H2,1-2H3;1H. The molecule has 0 radical (unpaired) electrons. The molecule has 0 amide bonds. The summed E-state index contributed by atoms with van der Waals surface area (Å²) in [6.45, 7) is 7.17. The van der Waals surface area contributed by atoms with E-state index in [2.05, 4.69) is 24.0 Å². The first-order valence-corrected chi connectivity index (χ1v) is 6.52. The van der Waals surface area contributed by atoms with Gasteiger partial charge in [-0.3, -0.25) is 0 Å². The number of halogens is 2. The molecule has 0 fully saturated rings. The number of hydrogen-bond acceptors (Lipinski definition) is 3. The van der Waals surface area contributed by atoms with Crippen LogP contribution in [0.25, 0.3) is 11.4 Å². The Kier molecular flexibility index (Phi) is 6.28. The average molecular weight is 302 g/mol. The highest BCUT2D eigenvalue weighted by Crippen LogP contribution is 2.18. The van der Waals surface area contributed by atoms with E-state index in [0.717, 1.165) is 25.2 Å². The summed E-state index contributed by atoms with van der Waals surface area (Å²) in [5.41, 5.74) is 0.920. The Morgan fingerprint density at radius 3 is 2.37 bits per heavy atom. The van der Waals surface area contributed by atoms with Crippen molar-refractivity contribution in [2.75, 3.05) is 13.1 Å². The van der Waals surface area contributed by atoms with E-state index >= 15 is 0 Å². The summed E-state index contributed by atoms with van der Waals surface area (Å²) in [5.74, 6) is 1.30. The Morgan fingerprint density at radius 1 is 1.16 bits per heavy atom. The van der Waals surface area contributed by atoms with Crippen molar-refractivity contribution in [3.8, 4) is 11.4 Å². The van der Waals surface area contributed by atoms with Crippen LogP contribution >= 0.6 is 11.6 Å². The molecule has 6 heteroatoms. The molecule has 2 aromatic rings. The number of benzene rings is 1. The fourth-order valence-electron chi connectivity index (χ4n) is 1.76. The highest BCUT2D eigenvalue weighted by Gasteiger charge is 2.13. The smallest absolute Gasteiger partial charge is 0.282 e. The van der Waals surface area contributed by atoms with Crippen molar-refractivity contribution in [3.05, 3.63) is 35.2 Å². The molecule has 19 heavy (non-hydrogen) atoms. The van der Waals surface area contributed by atoms with Crippen molar-refractivity contribution >= 4 is 11.6 Å². The first-order chi connectivity index (χ1) is 8.72. The molecule has 2 rings (SSSR count).